The molecule has 4 saturated carbocycles. The van der Waals surface area contributed by atoms with E-state index in [2.05, 4.69) is 13.8 Å². The van der Waals surface area contributed by atoms with Crippen molar-refractivity contribution < 1.29 is 20.4 Å². The lowest BCUT2D eigenvalue weighted by Gasteiger charge is -2.65. The summed E-state index contributed by atoms with van der Waals surface area (Å²) in [5.41, 5.74) is -1.49. The first-order valence-corrected chi connectivity index (χ1v) is 9.49. The topological polar surface area (TPSA) is 80.9 Å². The lowest BCUT2D eigenvalue weighted by atomic mass is 9.43. The second kappa shape index (κ2) is 4.94. The third-order valence-corrected chi connectivity index (χ3v) is 8.78. The van der Waals surface area contributed by atoms with E-state index in [-0.39, 0.29) is 16.9 Å². The minimum absolute atomic E-state index is 0.0130. The number of aliphatic hydroxyl groups excluding tert-OH is 3. The molecule has 4 aliphatic carbocycles. The van der Waals surface area contributed by atoms with Gasteiger partial charge in [-0.25, -0.2) is 0 Å². The molecule has 0 aromatic heterocycles. The predicted molar refractivity (Wildman–Crippen MR) is 86.6 cm³/mol. The van der Waals surface area contributed by atoms with Gasteiger partial charge in [-0.3, -0.25) is 0 Å². The number of rotatable bonds is 0. The van der Waals surface area contributed by atoms with Crippen molar-refractivity contribution in [1.82, 2.24) is 0 Å². The normalized spacial score (nSPS) is 62.3. The van der Waals surface area contributed by atoms with Crippen LogP contribution in [0.3, 0.4) is 0 Å². The first-order valence-electron chi connectivity index (χ1n) is 9.49. The molecule has 0 unspecified atom stereocenters. The SMILES string of the molecule is C[C@]12CC[C@H]3[C@@H](C[C@@H](O)[C@@]4(O)C[C@@H](O)CC[C@]34C)[C@@H]1CC[C@@H]2O. The number of hydrogen-bond acceptors (Lipinski definition) is 4. The van der Waals surface area contributed by atoms with Crippen molar-refractivity contribution in [1.29, 1.82) is 0 Å². The average molecular weight is 324 g/mol. The van der Waals surface area contributed by atoms with E-state index < -0.39 is 17.8 Å². The minimum Gasteiger partial charge on any atom is -0.393 e. The van der Waals surface area contributed by atoms with Crippen LogP contribution < -0.4 is 0 Å². The fourth-order valence-electron chi connectivity index (χ4n) is 7.23. The first kappa shape index (κ1) is 16.3. The standard InChI is InChI=1S/C19H32O4/c1-17-7-6-14-12(13(17)3-4-15(17)21)9-16(22)19(23)10-11(20)5-8-18(14,19)2/h11-16,20-23H,3-10H2,1-2H3/t11-,12-,13-,14-,15-,16+,17-,18+,19-/m0/s1. The average Bonchev–Trinajstić information content (AvgIpc) is 2.79. The fourth-order valence-corrected chi connectivity index (χ4v) is 7.23. The molecule has 0 bridgehead atoms. The Balaban J connectivity index is 1.71. The van der Waals surface area contributed by atoms with Gasteiger partial charge in [0.15, 0.2) is 0 Å². The van der Waals surface area contributed by atoms with Crippen molar-refractivity contribution in [2.75, 3.05) is 0 Å². The summed E-state index contributed by atoms with van der Waals surface area (Å²) in [5, 5.41) is 42.7. The molecule has 4 nitrogen and oxygen atoms in total. The molecular formula is C19H32O4. The Morgan fingerprint density at radius 3 is 2.30 bits per heavy atom. The number of hydrogen-bond donors (Lipinski definition) is 4. The molecule has 0 aromatic carbocycles. The molecule has 4 fully saturated rings. The molecule has 0 radical (unpaired) electrons. The molecule has 4 N–H and O–H groups in total. The molecule has 0 heterocycles. The molecule has 132 valence electrons. The van der Waals surface area contributed by atoms with Crippen LogP contribution in [0.4, 0.5) is 0 Å². The van der Waals surface area contributed by atoms with Gasteiger partial charge in [0.2, 0.25) is 0 Å². The summed E-state index contributed by atoms with van der Waals surface area (Å²) in [6.07, 6.45) is 4.92. The van der Waals surface area contributed by atoms with Crippen LogP contribution in [0, 0.1) is 28.6 Å². The Hall–Kier alpha value is -0.160. The summed E-state index contributed by atoms with van der Waals surface area (Å²) in [5.74, 6) is 1.24. The van der Waals surface area contributed by atoms with Gasteiger partial charge < -0.3 is 20.4 Å². The van der Waals surface area contributed by atoms with Crippen molar-refractivity contribution in [3.63, 3.8) is 0 Å². The Bertz CT molecular complexity index is 496. The molecule has 4 heteroatoms. The van der Waals surface area contributed by atoms with E-state index >= 15 is 0 Å². The van der Waals surface area contributed by atoms with E-state index in [1.807, 2.05) is 0 Å². The quantitative estimate of drug-likeness (QED) is 0.548. The zero-order valence-electron chi connectivity index (χ0n) is 14.4. The van der Waals surface area contributed by atoms with E-state index in [1.165, 1.54) is 0 Å². The Morgan fingerprint density at radius 2 is 1.57 bits per heavy atom. The minimum atomic E-state index is -1.16. The van der Waals surface area contributed by atoms with Crippen LogP contribution in [0.25, 0.3) is 0 Å². The van der Waals surface area contributed by atoms with Crippen molar-refractivity contribution >= 4 is 0 Å². The molecule has 23 heavy (non-hydrogen) atoms. The molecule has 0 saturated heterocycles. The Morgan fingerprint density at radius 1 is 0.826 bits per heavy atom. The van der Waals surface area contributed by atoms with E-state index in [4.69, 9.17) is 0 Å². The van der Waals surface area contributed by atoms with Gasteiger partial charge in [-0.15, -0.1) is 0 Å². The lowest BCUT2D eigenvalue weighted by Crippen LogP contribution is -2.68. The third kappa shape index (κ3) is 1.92. The van der Waals surface area contributed by atoms with Crippen molar-refractivity contribution in [2.45, 2.75) is 89.1 Å². The molecule has 9 atom stereocenters. The lowest BCUT2D eigenvalue weighted by molar-refractivity contribution is -0.265. The van der Waals surface area contributed by atoms with E-state index in [0.29, 0.717) is 30.6 Å². The largest absolute Gasteiger partial charge is 0.393 e. The maximum Gasteiger partial charge on any atom is 0.0985 e. The maximum absolute atomic E-state index is 11.3. The Kier molecular flexibility index (Phi) is 3.50. The van der Waals surface area contributed by atoms with Crippen molar-refractivity contribution in [3.8, 4) is 0 Å². The van der Waals surface area contributed by atoms with Crippen LogP contribution in [-0.2, 0) is 0 Å². The van der Waals surface area contributed by atoms with Crippen LogP contribution in [0.2, 0.25) is 0 Å². The highest BCUT2D eigenvalue weighted by Crippen LogP contribution is 2.67. The highest BCUT2D eigenvalue weighted by atomic mass is 16.3. The van der Waals surface area contributed by atoms with Gasteiger partial charge in [-0.2, -0.15) is 0 Å². The van der Waals surface area contributed by atoms with Gasteiger partial charge in [-0.1, -0.05) is 13.8 Å². The van der Waals surface area contributed by atoms with E-state index in [9.17, 15) is 20.4 Å². The third-order valence-electron chi connectivity index (χ3n) is 8.78. The zero-order chi connectivity index (χ0) is 16.6. The second-order valence-electron chi connectivity index (χ2n) is 9.50. The molecule has 0 amide bonds. The Labute approximate surface area is 138 Å². The van der Waals surface area contributed by atoms with Gasteiger partial charge in [0.05, 0.1) is 23.9 Å². The molecule has 4 rings (SSSR count). The molecule has 4 aliphatic rings. The summed E-state index contributed by atoms with van der Waals surface area (Å²) >= 11 is 0. The number of fused-ring (bicyclic) bond motifs is 5. The zero-order valence-corrected chi connectivity index (χ0v) is 14.4. The highest BCUT2D eigenvalue weighted by Gasteiger charge is 2.67. The summed E-state index contributed by atoms with van der Waals surface area (Å²) in [6.45, 7) is 4.37. The fraction of sp³-hybridized carbons (Fsp3) is 1.00. The second-order valence-corrected chi connectivity index (χ2v) is 9.50. The number of aliphatic hydroxyl groups is 4. The molecule has 0 aromatic rings. The van der Waals surface area contributed by atoms with Crippen LogP contribution in [0.15, 0.2) is 0 Å². The van der Waals surface area contributed by atoms with Gasteiger partial charge in [0, 0.05) is 11.8 Å². The van der Waals surface area contributed by atoms with Crippen LogP contribution >= 0.6 is 0 Å². The van der Waals surface area contributed by atoms with Gasteiger partial charge in [0.25, 0.3) is 0 Å². The van der Waals surface area contributed by atoms with Crippen LogP contribution in [0.5, 0.6) is 0 Å². The van der Waals surface area contributed by atoms with Gasteiger partial charge in [-0.05, 0) is 68.1 Å². The maximum atomic E-state index is 11.3. The van der Waals surface area contributed by atoms with E-state index in [0.717, 1.165) is 38.5 Å². The van der Waals surface area contributed by atoms with Crippen LogP contribution in [-0.4, -0.2) is 44.3 Å². The van der Waals surface area contributed by atoms with Gasteiger partial charge in [0.1, 0.15) is 0 Å². The first-order chi connectivity index (χ1) is 10.7. The molecule has 0 aliphatic heterocycles. The summed E-state index contributed by atoms with van der Waals surface area (Å²) in [6, 6.07) is 0. The van der Waals surface area contributed by atoms with Crippen molar-refractivity contribution in [2.24, 2.45) is 28.6 Å². The van der Waals surface area contributed by atoms with Crippen molar-refractivity contribution in [3.05, 3.63) is 0 Å². The predicted octanol–water partition coefficient (Wildman–Crippen LogP) is 1.84. The summed E-state index contributed by atoms with van der Waals surface area (Å²) in [4.78, 5) is 0. The molecule has 0 spiro atoms. The van der Waals surface area contributed by atoms with E-state index in [1.54, 1.807) is 0 Å². The smallest absolute Gasteiger partial charge is 0.0985 e. The summed E-state index contributed by atoms with van der Waals surface area (Å²) in [7, 11) is 0. The van der Waals surface area contributed by atoms with Crippen LogP contribution in [0.1, 0.15) is 65.2 Å². The molecular weight excluding hydrogens is 292 g/mol. The summed E-state index contributed by atoms with van der Waals surface area (Å²) < 4.78 is 0. The highest BCUT2D eigenvalue weighted by molar-refractivity contribution is 5.17. The monoisotopic (exact) mass is 324 g/mol. The van der Waals surface area contributed by atoms with Gasteiger partial charge >= 0.3 is 0 Å².